The maximum Gasteiger partial charge on any atom is 0.289 e. The van der Waals surface area contributed by atoms with Crippen molar-refractivity contribution >= 4 is 5.91 Å². The Kier molecular flexibility index (Phi) is 3.73. The summed E-state index contributed by atoms with van der Waals surface area (Å²) in [5.41, 5.74) is 1.04. The highest BCUT2D eigenvalue weighted by atomic mass is 16.7. The number of allylic oxidation sites excluding steroid dienone is 2. The first kappa shape index (κ1) is 15.6. The molecule has 1 aliphatic heterocycles. The Balaban J connectivity index is 1.38. The van der Waals surface area contributed by atoms with E-state index in [1.54, 1.807) is 18.4 Å². The highest BCUT2D eigenvalue weighted by Crippen LogP contribution is 2.44. The van der Waals surface area contributed by atoms with Crippen LogP contribution in [0.2, 0.25) is 0 Å². The molecule has 5 heteroatoms. The average Bonchev–Trinajstić information content (AvgIpc) is 3.44. The van der Waals surface area contributed by atoms with E-state index in [1.807, 2.05) is 23.1 Å². The van der Waals surface area contributed by atoms with Crippen LogP contribution in [0.1, 0.15) is 29.0 Å². The number of ether oxygens (including phenoxy) is 2. The molecule has 1 amide bonds. The Morgan fingerprint density at radius 2 is 2.04 bits per heavy atom. The van der Waals surface area contributed by atoms with E-state index in [-0.39, 0.29) is 12.7 Å². The zero-order valence-electron chi connectivity index (χ0n) is 14.5. The van der Waals surface area contributed by atoms with Crippen LogP contribution in [-0.4, -0.2) is 24.1 Å². The van der Waals surface area contributed by atoms with Crippen LogP contribution in [0, 0.1) is 17.8 Å². The second-order valence-electron chi connectivity index (χ2n) is 7.39. The lowest BCUT2D eigenvalue weighted by Crippen LogP contribution is -2.36. The molecule has 1 saturated carbocycles. The average molecular weight is 351 g/mol. The third-order valence-electron chi connectivity index (χ3n) is 5.70. The zero-order valence-corrected chi connectivity index (χ0v) is 14.5. The van der Waals surface area contributed by atoms with Gasteiger partial charge in [0.25, 0.3) is 5.91 Å². The van der Waals surface area contributed by atoms with Crippen LogP contribution in [0.25, 0.3) is 0 Å². The minimum absolute atomic E-state index is 0.0561. The van der Waals surface area contributed by atoms with E-state index < -0.39 is 0 Å². The van der Waals surface area contributed by atoms with Crippen LogP contribution in [-0.2, 0) is 6.54 Å². The number of hydrogen-bond acceptors (Lipinski definition) is 4. The van der Waals surface area contributed by atoms with Gasteiger partial charge >= 0.3 is 0 Å². The van der Waals surface area contributed by atoms with E-state index in [9.17, 15) is 4.79 Å². The van der Waals surface area contributed by atoms with Crippen LogP contribution in [0.5, 0.6) is 11.5 Å². The highest BCUT2D eigenvalue weighted by Gasteiger charge is 2.37. The Hall–Kier alpha value is -2.69. The summed E-state index contributed by atoms with van der Waals surface area (Å²) in [5, 5.41) is 0. The molecule has 2 heterocycles. The molecular formula is C21H21NO4. The number of furan rings is 1. The molecular weight excluding hydrogens is 330 g/mol. The van der Waals surface area contributed by atoms with Crippen LogP contribution in [0.15, 0.2) is 53.2 Å². The fourth-order valence-corrected chi connectivity index (χ4v) is 4.42. The predicted molar refractivity (Wildman–Crippen MR) is 94.9 cm³/mol. The van der Waals surface area contributed by atoms with Crippen molar-refractivity contribution in [3.63, 3.8) is 0 Å². The number of nitrogens with zero attached hydrogens (tertiary/aromatic N) is 1. The monoisotopic (exact) mass is 351 g/mol. The smallest absolute Gasteiger partial charge is 0.289 e. The molecule has 0 saturated heterocycles. The lowest BCUT2D eigenvalue weighted by Gasteiger charge is -2.28. The quantitative estimate of drug-likeness (QED) is 0.768. The van der Waals surface area contributed by atoms with Crippen molar-refractivity contribution in [2.75, 3.05) is 13.3 Å². The van der Waals surface area contributed by atoms with Gasteiger partial charge in [-0.2, -0.15) is 0 Å². The summed E-state index contributed by atoms with van der Waals surface area (Å²) >= 11 is 0. The summed E-state index contributed by atoms with van der Waals surface area (Å²) < 4.78 is 16.2. The van der Waals surface area contributed by atoms with Crippen LogP contribution in [0.3, 0.4) is 0 Å². The van der Waals surface area contributed by atoms with Crippen LogP contribution in [0.4, 0.5) is 0 Å². The molecule has 3 aliphatic rings. The summed E-state index contributed by atoms with van der Waals surface area (Å²) in [7, 11) is 0. The third kappa shape index (κ3) is 2.77. The summed E-state index contributed by atoms with van der Waals surface area (Å²) in [6.45, 7) is 1.54. The van der Waals surface area contributed by atoms with Gasteiger partial charge in [-0.3, -0.25) is 4.79 Å². The molecule has 1 aromatic heterocycles. The highest BCUT2D eigenvalue weighted by molar-refractivity contribution is 5.91. The predicted octanol–water partition coefficient (Wildman–Crippen LogP) is 3.86. The molecule has 0 radical (unpaired) electrons. The lowest BCUT2D eigenvalue weighted by atomic mass is 9.93. The number of rotatable bonds is 5. The summed E-state index contributed by atoms with van der Waals surface area (Å²) in [5.74, 6) is 3.66. The normalized spacial score (nSPS) is 25.0. The number of fused-ring (bicyclic) bond motifs is 3. The van der Waals surface area contributed by atoms with Crippen molar-refractivity contribution in [1.82, 2.24) is 4.90 Å². The SMILES string of the molecule is O=C(c1ccco1)N(Cc1ccc2c(c1)OCO2)C[C@H]1C[C@@H]2C=C[C@H]1C2. The molecule has 3 atom stereocenters. The number of hydrogen-bond donors (Lipinski definition) is 0. The van der Waals surface area contributed by atoms with Gasteiger partial charge in [0.2, 0.25) is 6.79 Å². The van der Waals surface area contributed by atoms with E-state index in [0.717, 1.165) is 23.6 Å². The molecule has 1 aromatic carbocycles. The Bertz CT molecular complexity index is 842. The van der Waals surface area contributed by atoms with E-state index in [1.165, 1.54) is 12.8 Å². The Labute approximate surface area is 152 Å². The number of benzene rings is 1. The second-order valence-corrected chi connectivity index (χ2v) is 7.39. The molecule has 5 rings (SSSR count). The topological polar surface area (TPSA) is 51.9 Å². The fourth-order valence-electron chi connectivity index (χ4n) is 4.42. The third-order valence-corrected chi connectivity index (χ3v) is 5.70. The lowest BCUT2D eigenvalue weighted by molar-refractivity contribution is 0.0672. The van der Waals surface area contributed by atoms with Gasteiger partial charge in [-0.1, -0.05) is 18.2 Å². The molecule has 0 N–H and O–H groups in total. The van der Waals surface area contributed by atoms with E-state index in [2.05, 4.69) is 12.2 Å². The van der Waals surface area contributed by atoms with Crippen molar-refractivity contribution in [3.8, 4) is 11.5 Å². The first-order valence-electron chi connectivity index (χ1n) is 9.16. The van der Waals surface area contributed by atoms with Crippen molar-refractivity contribution in [1.29, 1.82) is 0 Å². The standard InChI is InChI=1S/C21H21NO4/c23-21(19-2-1-7-24-19)22(12-17-9-14-3-5-16(17)8-14)11-15-4-6-18-20(10-15)26-13-25-18/h1-7,10,14,16-17H,8-9,11-13H2/t14-,16+,17-/m1/s1. The summed E-state index contributed by atoms with van der Waals surface area (Å²) in [6, 6.07) is 9.36. The van der Waals surface area contributed by atoms with E-state index in [4.69, 9.17) is 13.9 Å². The van der Waals surface area contributed by atoms with Gasteiger partial charge in [0, 0.05) is 13.1 Å². The van der Waals surface area contributed by atoms with Crippen LogP contribution >= 0.6 is 0 Å². The van der Waals surface area contributed by atoms with Crippen molar-refractivity contribution in [3.05, 3.63) is 60.1 Å². The van der Waals surface area contributed by atoms with Gasteiger partial charge in [-0.25, -0.2) is 0 Å². The first-order valence-corrected chi connectivity index (χ1v) is 9.16. The van der Waals surface area contributed by atoms with Gasteiger partial charge in [-0.15, -0.1) is 0 Å². The second kappa shape index (κ2) is 6.24. The Morgan fingerprint density at radius 1 is 1.12 bits per heavy atom. The van der Waals surface area contributed by atoms with Gasteiger partial charge in [0.15, 0.2) is 17.3 Å². The molecule has 2 aliphatic carbocycles. The maximum absolute atomic E-state index is 13.0. The molecule has 2 bridgehead atoms. The van der Waals surface area contributed by atoms with E-state index in [0.29, 0.717) is 30.1 Å². The largest absolute Gasteiger partial charge is 0.459 e. The molecule has 134 valence electrons. The first-order chi connectivity index (χ1) is 12.8. The van der Waals surface area contributed by atoms with Crippen LogP contribution < -0.4 is 9.47 Å². The minimum Gasteiger partial charge on any atom is -0.459 e. The molecule has 0 unspecified atom stereocenters. The maximum atomic E-state index is 13.0. The molecule has 2 aromatic rings. The number of carbonyl (C=O) groups is 1. The summed E-state index contributed by atoms with van der Waals surface area (Å²) in [4.78, 5) is 14.9. The number of carbonyl (C=O) groups excluding carboxylic acids is 1. The van der Waals surface area contributed by atoms with E-state index >= 15 is 0 Å². The van der Waals surface area contributed by atoms with Crippen molar-refractivity contribution < 1.29 is 18.7 Å². The van der Waals surface area contributed by atoms with Crippen molar-refractivity contribution in [2.24, 2.45) is 17.8 Å². The minimum atomic E-state index is -0.0561. The summed E-state index contributed by atoms with van der Waals surface area (Å²) in [6.07, 6.45) is 8.61. The van der Waals surface area contributed by atoms with Crippen molar-refractivity contribution in [2.45, 2.75) is 19.4 Å². The Morgan fingerprint density at radius 3 is 2.81 bits per heavy atom. The van der Waals surface area contributed by atoms with Gasteiger partial charge in [-0.05, 0) is 60.4 Å². The zero-order chi connectivity index (χ0) is 17.5. The van der Waals surface area contributed by atoms with Gasteiger partial charge < -0.3 is 18.8 Å². The molecule has 5 nitrogen and oxygen atoms in total. The molecule has 0 spiro atoms. The number of amides is 1. The fraction of sp³-hybridized carbons (Fsp3) is 0.381. The van der Waals surface area contributed by atoms with Gasteiger partial charge in [0.1, 0.15) is 0 Å². The van der Waals surface area contributed by atoms with Gasteiger partial charge in [0.05, 0.1) is 6.26 Å². The molecule has 1 fully saturated rings. The molecule has 26 heavy (non-hydrogen) atoms.